The summed E-state index contributed by atoms with van der Waals surface area (Å²) >= 11 is 1.38. The van der Waals surface area contributed by atoms with Crippen LogP contribution in [0.3, 0.4) is 0 Å². The topological polar surface area (TPSA) is 118 Å². The Morgan fingerprint density at radius 3 is 2.55 bits per heavy atom. The van der Waals surface area contributed by atoms with Crippen LogP contribution in [0, 0.1) is 0 Å². The third-order valence-corrected chi connectivity index (χ3v) is 5.24. The molecule has 9 nitrogen and oxygen atoms in total. The quantitative estimate of drug-likeness (QED) is 0.279. The summed E-state index contributed by atoms with van der Waals surface area (Å²) in [6.07, 6.45) is 1.37. The number of rotatable bonds is 8. The monoisotopic (exact) mass is 445 g/mol. The highest BCUT2D eigenvalue weighted by Gasteiger charge is 2.14. The number of nitrogens with zero attached hydrogens (tertiary/aromatic N) is 3. The largest absolute Gasteiger partial charge is 0.504 e. The van der Waals surface area contributed by atoms with E-state index >= 15 is 0 Å². The smallest absolute Gasteiger partial charge is 0.206 e. The summed E-state index contributed by atoms with van der Waals surface area (Å²) in [4.78, 5) is 5.12. The Hall–Kier alpha value is -3.50. The number of benzene rings is 2. The first-order valence-corrected chi connectivity index (χ1v) is 10.1. The van der Waals surface area contributed by atoms with Gasteiger partial charge in [-0.05, 0) is 24.3 Å². The van der Waals surface area contributed by atoms with E-state index in [4.69, 9.17) is 14.2 Å². The van der Waals surface area contributed by atoms with Gasteiger partial charge in [-0.1, -0.05) is 0 Å². The van der Waals surface area contributed by atoms with E-state index < -0.39 is 17.2 Å². The van der Waals surface area contributed by atoms with Crippen molar-refractivity contribution in [2.75, 3.05) is 34.5 Å². The molecule has 0 aliphatic rings. The van der Waals surface area contributed by atoms with Crippen LogP contribution in [0.1, 0.15) is 5.56 Å². The van der Waals surface area contributed by atoms with Crippen LogP contribution < -0.4 is 14.3 Å². The van der Waals surface area contributed by atoms with Crippen LogP contribution in [-0.2, 0) is 4.74 Å². The number of phenols is 3. The van der Waals surface area contributed by atoms with E-state index in [1.165, 1.54) is 29.7 Å². The highest BCUT2D eigenvalue weighted by Crippen LogP contribution is 2.36. The second kappa shape index (κ2) is 10.0. The summed E-state index contributed by atoms with van der Waals surface area (Å²) < 4.78 is 17.5. The molecular weight excluding hydrogens is 422 g/mol. The Bertz CT molecular complexity index is 1150. The van der Waals surface area contributed by atoms with Gasteiger partial charge in [-0.25, -0.2) is 4.68 Å². The number of aromatic hydroxyl groups is 3. The number of thiazole rings is 1. The van der Waals surface area contributed by atoms with Crippen molar-refractivity contribution in [2.24, 2.45) is 10.1 Å². The minimum atomic E-state index is -0.610. The molecule has 0 radical (unpaired) electrons. The Labute approximate surface area is 182 Å². The van der Waals surface area contributed by atoms with Crippen molar-refractivity contribution in [1.29, 1.82) is 0 Å². The average molecular weight is 445 g/mol. The molecule has 0 aliphatic carbocycles. The van der Waals surface area contributed by atoms with Crippen LogP contribution in [0.4, 0.5) is 0 Å². The SMILES string of the molecule is COCCN=c1scc(-c2ccc(OC)cc2OC)n1N=Cc1ccc(O)c(O)c1O. The molecule has 0 unspecified atom stereocenters. The van der Waals surface area contributed by atoms with Crippen molar-refractivity contribution in [3.63, 3.8) is 0 Å². The van der Waals surface area contributed by atoms with Crippen molar-refractivity contribution >= 4 is 17.6 Å². The lowest BCUT2D eigenvalue weighted by Gasteiger charge is -2.11. The first kappa shape index (κ1) is 22.2. The lowest BCUT2D eigenvalue weighted by molar-refractivity contribution is 0.207. The molecule has 1 heterocycles. The number of ether oxygens (including phenoxy) is 3. The lowest BCUT2D eigenvalue weighted by atomic mass is 10.1. The van der Waals surface area contributed by atoms with E-state index in [-0.39, 0.29) is 5.56 Å². The van der Waals surface area contributed by atoms with Crippen molar-refractivity contribution in [1.82, 2.24) is 4.68 Å². The van der Waals surface area contributed by atoms with Crippen molar-refractivity contribution in [3.05, 3.63) is 46.1 Å². The lowest BCUT2D eigenvalue weighted by Crippen LogP contribution is -2.14. The van der Waals surface area contributed by atoms with Crippen LogP contribution in [0.2, 0.25) is 0 Å². The van der Waals surface area contributed by atoms with Gasteiger partial charge < -0.3 is 29.5 Å². The van der Waals surface area contributed by atoms with Crippen molar-refractivity contribution < 1.29 is 29.5 Å². The van der Waals surface area contributed by atoms with Gasteiger partial charge in [0.15, 0.2) is 11.5 Å². The maximum absolute atomic E-state index is 10.1. The maximum atomic E-state index is 10.1. The van der Waals surface area contributed by atoms with E-state index in [9.17, 15) is 15.3 Å². The first-order valence-electron chi connectivity index (χ1n) is 9.20. The molecule has 0 saturated carbocycles. The van der Waals surface area contributed by atoms with Gasteiger partial charge in [0, 0.05) is 29.7 Å². The van der Waals surface area contributed by atoms with Crippen molar-refractivity contribution in [3.8, 4) is 40.0 Å². The molecule has 10 heteroatoms. The molecular formula is C21H23N3O6S. The fourth-order valence-corrected chi connectivity index (χ4v) is 3.61. The van der Waals surface area contributed by atoms with Crippen LogP contribution in [0.5, 0.6) is 28.7 Å². The normalized spacial score (nSPS) is 11.9. The van der Waals surface area contributed by atoms with Crippen LogP contribution in [0.15, 0.2) is 45.8 Å². The molecule has 0 amide bonds. The zero-order chi connectivity index (χ0) is 22.4. The summed E-state index contributed by atoms with van der Waals surface area (Å²) in [6, 6.07) is 8.15. The van der Waals surface area contributed by atoms with Crippen LogP contribution >= 0.6 is 11.3 Å². The molecule has 31 heavy (non-hydrogen) atoms. The molecule has 1 aromatic heterocycles. The Balaban J connectivity index is 2.13. The molecule has 164 valence electrons. The molecule has 0 spiro atoms. The number of methoxy groups -OCH3 is 3. The van der Waals surface area contributed by atoms with Crippen LogP contribution in [-0.4, -0.2) is 60.7 Å². The number of hydrogen-bond acceptors (Lipinski definition) is 9. The first-order chi connectivity index (χ1) is 15.0. The molecule has 0 fully saturated rings. The highest BCUT2D eigenvalue weighted by atomic mass is 32.1. The predicted molar refractivity (Wildman–Crippen MR) is 118 cm³/mol. The standard InChI is InChI=1S/C21H23N3O6S/c1-28-9-8-22-21-24(23-11-13-4-7-17(25)20(27)19(13)26)16(12-31-21)15-6-5-14(29-2)10-18(15)30-3/h4-7,10-12,25-27H,8-9H2,1-3H3. The molecule has 3 N–H and O–H groups in total. The summed E-state index contributed by atoms with van der Waals surface area (Å²) in [6.45, 7) is 0.895. The van der Waals surface area contributed by atoms with E-state index in [1.807, 2.05) is 17.5 Å². The molecule has 3 rings (SSSR count). The van der Waals surface area contributed by atoms with Gasteiger partial charge in [0.1, 0.15) is 11.5 Å². The zero-order valence-electron chi connectivity index (χ0n) is 17.3. The minimum absolute atomic E-state index is 0.226. The van der Waals surface area contributed by atoms with Gasteiger partial charge in [0.2, 0.25) is 10.6 Å². The summed E-state index contributed by atoms with van der Waals surface area (Å²) in [5.74, 6) is -0.255. The third-order valence-electron chi connectivity index (χ3n) is 4.39. The van der Waals surface area contributed by atoms with Gasteiger partial charge in [-0.2, -0.15) is 5.10 Å². The number of aromatic nitrogens is 1. The van der Waals surface area contributed by atoms with Gasteiger partial charge in [0.25, 0.3) is 0 Å². The van der Waals surface area contributed by atoms with Gasteiger partial charge in [-0.3, -0.25) is 4.99 Å². The summed E-state index contributed by atoms with van der Waals surface area (Å²) in [5.41, 5.74) is 1.70. The van der Waals surface area contributed by atoms with Gasteiger partial charge in [-0.15, -0.1) is 11.3 Å². The van der Waals surface area contributed by atoms with E-state index in [0.717, 1.165) is 5.56 Å². The fourth-order valence-electron chi connectivity index (χ4n) is 2.76. The molecule has 3 aromatic rings. The van der Waals surface area contributed by atoms with E-state index in [1.54, 1.807) is 32.1 Å². The molecule has 0 aliphatic heterocycles. The number of phenolic OH excluding ortho intramolecular Hbond substituents is 3. The van der Waals surface area contributed by atoms with Crippen LogP contribution in [0.25, 0.3) is 11.3 Å². The Morgan fingerprint density at radius 1 is 1.03 bits per heavy atom. The molecule has 0 bridgehead atoms. The molecule has 2 aromatic carbocycles. The highest BCUT2D eigenvalue weighted by molar-refractivity contribution is 7.07. The Kier molecular flexibility index (Phi) is 7.16. The molecule has 0 saturated heterocycles. The second-order valence-corrected chi connectivity index (χ2v) is 7.11. The predicted octanol–water partition coefficient (Wildman–Crippen LogP) is 2.78. The number of hydrogen-bond donors (Lipinski definition) is 3. The fraction of sp³-hybridized carbons (Fsp3) is 0.238. The zero-order valence-corrected chi connectivity index (χ0v) is 18.1. The van der Waals surface area contributed by atoms with Gasteiger partial charge in [0.05, 0.1) is 39.3 Å². The maximum Gasteiger partial charge on any atom is 0.206 e. The second-order valence-electron chi connectivity index (χ2n) is 6.27. The summed E-state index contributed by atoms with van der Waals surface area (Å²) in [7, 11) is 4.75. The van der Waals surface area contributed by atoms with E-state index in [0.29, 0.717) is 35.1 Å². The molecule has 0 atom stereocenters. The Morgan fingerprint density at radius 2 is 1.84 bits per heavy atom. The third kappa shape index (κ3) is 4.81. The van der Waals surface area contributed by atoms with E-state index in [2.05, 4.69) is 10.1 Å². The average Bonchev–Trinajstić information content (AvgIpc) is 3.19. The van der Waals surface area contributed by atoms with Crippen molar-refractivity contribution in [2.45, 2.75) is 0 Å². The summed E-state index contributed by atoms with van der Waals surface area (Å²) in [5, 5.41) is 35.7. The minimum Gasteiger partial charge on any atom is -0.504 e. The van der Waals surface area contributed by atoms with Gasteiger partial charge >= 0.3 is 0 Å².